The van der Waals surface area contributed by atoms with E-state index in [-0.39, 0.29) is 24.0 Å². The fourth-order valence-electron chi connectivity index (χ4n) is 2.07. The zero-order valence-electron chi connectivity index (χ0n) is 10.4. The number of hydrogen-bond donors (Lipinski definition) is 2. The molecule has 1 unspecified atom stereocenters. The largest absolute Gasteiger partial charge is 0.396 e. The van der Waals surface area contributed by atoms with E-state index >= 15 is 0 Å². The van der Waals surface area contributed by atoms with Gasteiger partial charge in [-0.25, -0.2) is 4.98 Å². The van der Waals surface area contributed by atoms with Gasteiger partial charge < -0.3 is 10.6 Å². The summed E-state index contributed by atoms with van der Waals surface area (Å²) in [6.45, 7) is 1.86. The third kappa shape index (κ3) is 2.33. The van der Waals surface area contributed by atoms with E-state index in [1.165, 1.54) is 12.3 Å². The first kappa shape index (κ1) is 12.8. The van der Waals surface area contributed by atoms with E-state index in [4.69, 9.17) is 11.0 Å². The topological polar surface area (TPSA) is 112 Å². The first-order chi connectivity index (χ1) is 9.06. The van der Waals surface area contributed by atoms with Crippen molar-refractivity contribution in [3.8, 4) is 6.07 Å². The Morgan fingerprint density at radius 1 is 1.63 bits per heavy atom. The summed E-state index contributed by atoms with van der Waals surface area (Å²) in [6.07, 6.45) is 1.90. The quantitative estimate of drug-likeness (QED) is 0.710. The molecule has 0 spiro atoms. The number of nitriles is 1. The lowest BCUT2D eigenvalue weighted by Crippen LogP contribution is -2.58. The Morgan fingerprint density at radius 3 is 2.95 bits per heavy atom. The minimum absolute atomic E-state index is 0.0212. The first-order valence-electron chi connectivity index (χ1n) is 5.82. The number of nitrogens with two attached hydrogens (primary N) is 1. The fourth-order valence-corrected chi connectivity index (χ4v) is 2.07. The third-order valence-corrected chi connectivity index (χ3v) is 2.94. The van der Waals surface area contributed by atoms with Crippen LogP contribution >= 0.6 is 0 Å². The Morgan fingerprint density at radius 2 is 2.37 bits per heavy atom. The van der Waals surface area contributed by atoms with Crippen LogP contribution in [0.4, 0.5) is 11.5 Å². The van der Waals surface area contributed by atoms with Crippen molar-refractivity contribution in [3.63, 3.8) is 0 Å². The van der Waals surface area contributed by atoms with Gasteiger partial charge in [-0.05, 0) is 12.5 Å². The van der Waals surface area contributed by atoms with Gasteiger partial charge in [-0.2, -0.15) is 5.26 Å². The molecule has 1 saturated heterocycles. The molecule has 7 heteroatoms. The van der Waals surface area contributed by atoms with Crippen LogP contribution in [0.15, 0.2) is 12.3 Å². The van der Waals surface area contributed by atoms with Gasteiger partial charge in [0.05, 0.1) is 17.8 Å². The number of anilines is 2. The molecular weight excluding hydrogens is 246 g/mol. The van der Waals surface area contributed by atoms with E-state index < -0.39 is 6.04 Å². The molecule has 1 aliphatic heterocycles. The van der Waals surface area contributed by atoms with E-state index in [1.807, 2.05) is 13.0 Å². The maximum atomic E-state index is 11.8. The monoisotopic (exact) mass is 259 g/mol. The summed E-state index contributed by atoms with van der Waals surface area (Å²) in [5.41, 5.74) is 6.45. The summed E-state index contributed by atoms with van der Waals surface area (Å²) in [7, 11) is 0. The molecule has 0 saturated carbocycles. The third-order valence-electron chi connectivity index (χ3n) is 2.94. The maximum absolute atomic E-state index is 11.8. The molecule has 0 aromatic carbocycles. The van der Waals surface area contributed by atoms with Crippen LogP contribution in [0, 0.1) is 11.3 Å². The minimum Gasteiger partial charge on any atom is -0.396 e. The molecule has 7 nitrogen and oxygen atoms in total. The lowest BCUT2D eigenvalue weighted by molar-refractivity contribution is -0.132. The van der Waals surface area contributed by atoms with Gasteiger partial charge in [-0.3, -0.25) is 14.9 Å². The molecule has 2 rings (SSSR count). The number of rotatable bonds is 2. The normalized spacial score (nSPS) is 18.9. The predicted octanol–water partition coefficient (Wildman–Crippen LogP) is -0.223. The van der Waals surface area contributed by atoms with Gasteiger partial charge in [0, 0.05) is 6.20 Å². The number of carbonyl (C=O) groups is 2. The summed E-state index contributed by atoms with van der Waals surface area (Å²) in [4.78, 5) is 28.9. The van der Waals surface area contributed by atoms with Gasteiger partial charge in [0.1, 0.15) is 12.1 Å². The lowest BCUT2D eigenvalue weighted by Gasteiger charge is -2.34. The number of nitrogens with one attached hydrogen (secondary N) is 1. The van der Waals surface area contributed by atoms with Crippen molar-refractivity contribution >= 4 is 23.3 Å². The average molecular weight is 259 g/mol. The van der Waals surface area contributed by atoms with E-state index in [0.29, 0.717) is 17.8 Å². The molecule has 2 amide bonds. The van der Waals surface area contributed by atoms with Crippen molar-refractivity contribution in [2.75, 3.05) is 17.2 Å². The zero-order valence-corrected chi connectivity index (χ0v) is 10.4. The van der Waals surface area contributed by atoms with Crippen molar-refractivity contribution in [1.29, 1.82) is 5.26 Å². The highest BCUT2D eigenvalue weighted by Gasteiger charge is 2.34. The second-order valence-corrected chi connectivity index (χ2v) is 4.21. The first-order valence-corrected chi connectivity index (χ1v) is 5.82. The van der Waals surface area contributed by atoms with Crippen molar-refractivity contribution < 1.29 is 9.59 Å². The van der Waals surface area contributed by atoms with Crippen LogP contribution < -0.4 is 16.0 Å². The van der Waals surface area contributed by atoms with Gasteiger partial charge in [0.15, 0.2) is 5.82 Å². The summed E-state index contributed by atoms with van der Waals surface area (Å²) >= 11 is 0. The number of amides is 2. The van der Waals surface area contributed by atoms with Gasteiger partial charge in [0.25, 0.3) is 0 Å². The molecule has 2 heterocycles. The van der Waals surface area contributed by atoms with E-state index in [1.54, 1.807) is 4.90 Å². The van der Waals surface area contributed by atoms with Gasteiger partial charge in [0.2, 0.25) is 11.8 Å². The molecule has 19 heavy (non-hydrogen) atoms. The number of piperazine rings is 1. The SMILES string of the molecule is CCC1C(=O)NC(=O)CN1c1ncc(C#N)cc1N. The van der Waals surface area contributed by atoms with Crippen LogP contribution in [0.2, 0.25) is 0 Å². The Balaban J connectivity index is 2.41. The average Bonchev–Trinajstić information content (AvgIpc) is 2.37. The number of nitrogens with zero attached hydrogens (tertiary/aromatic N) is 3. The minimum atomic E-state index is -0.486. The standard InChI is InChI=1S/C12H13N5O2/c1-2-9-12(19)16-10(18)6-17(9)11-8(14)3-7(4-13)5-15-11/h3,5,9H,2,6,14H2,1H3,(H,16,18,19). The second kappa shape index (κ2) is 4.94. The number of carbonyl (C=O) groups excluding carboxylic acids is 2. The number of pyridine rings is 1. The molecular formula is C12H13N5O2. The molecule has 0 bridgehead atoms. The second-order valence-electron chi connectivity index (χ2n) is 4.21. The van der Waals surface area contributed by atoms with Crippen LogP contribution in [0.1, 0.15) is 18.9 Å². The number of nitrogen functional groups attached to an aromatic ring is 1. The Kier molecular flexibility index (Phi) is 3.33. The van der Waals surface area contributed by atoms with Crippen LogP contribution in [-0.4, -0.2) is 29.4 Å². The summed E-state index contributed by atoms with van der Waals surface area (Å²) in [6, 6.07) is 2.93. The molecule has 1 aliphatic rings. The molecule has 3 N–H and O–H groups in total. The van der Waals surface area contributed by atoms with Gasteiger partial charge in [-0.15, -0.1) is 0 Å². The Hall–Kier alpha value is -2.62. The predicted molar refractivity (Wildman–Crippen MR) is 67.9 cm³/mol. The van der Waals surface area contributed by atoms with Crippen LogP contribution in [0.3, 0.4) is 0 Å². The molecule has 1 aromatic heterocycles. The number of hydrogen-bond acceptors (Lipinski definition) is 6. The molecule has 1 aromatic rings. The van der Waals surface area contributed by atoms with Crippen molar-refractivity contribution in [3.05, 3.63) is 17.8 Å². The smallest absolute Gasteiger partial charge is 0.249 e. The summed E-state index contributed by atoms with van der Waals surface area (Å²) in [5.74, 6) is -0.390. The fraction of sp³-hybridized carbons (Fsp3) is 0.333. The van der Waals surface area contributed by atoms with Crippen molar-refractivity contribution in [2.24, 2.45) is 0 Å². The van der Waals surface area contributed by atoms with Crippen LogP contribution in [-0.2, 0) is 9.59 Å². The van der Waals surface area contributed by atoms with Gasteiger partial charge in [-0.1, -0.05) is 6.92 Å². The van der Waals surface area contributed by atoms with E-state index in [2.05, 4.69) is 10.3 Å². The highest BCUT2D eigenvalue weighted by Crippen LogP contribution is 2.25. The van der Waals surface area contributed by atoms with E-state index in [9.17, 15) is 9.59 Å². The number of imide groups is 1. The maximum Gasteiger partial charge on any atom is 0.249 e. The van der Waals surface area contributed by atoms with Gasteiger partial charge >= 0.3 is 0 Å². The summed E-state index contributed by atoms with van der Waals surface area (Å²) < 4.78 is 0. The molecule has 98 valence electrons. The number of aromatic nitrogens is 1. The zero-order chi connectivity index (χ0) is 14.0. The Bertz CT molecular complexity index is 578. The lowest BCUT2D eigenvalue weighted by atomic mass is 10.1. The molecule has 1 atom stereocenters. The van der Waals surface area contributed by atoms with Crippen molar-refractivity contribution in [1.82, 2.24) is 10.3 Å². The molecule has 1 fully saturated rings. The molecule has 0 radical (unpaired) electrons. The highest BCUT2D eigenvalue weighted by atomic mass is 16.2. The van der Waals surface area contributed by atoms with E-state index in [0.717, 1.165) is 0 Å². The van der Waals surface area contributed by atoms with Crippen LogP contribution in [0.5, 0.6) is 0 Å². The van der Waals surface area contributed by atoms with Crippen LogP contribution in [0.25, 0.3) is 0 Å². The molecule has 0 aliphatic carbocycles. The highest BCUT2D eigenvalue weighted by molar-refractivity contribution is 6.04. The Labute approximate surface area is 110 Å². The summed E-state index contributed by atoms with van der Waals surface area (Å²) in [5, 5.41) is 11.0. The van der Waals surface area contributed by atoms with Crippen molar-refractivity contribution in [2.45, 2.75) is 19.4 Å².